The number of rotatable bonds is 3. The highest BCUT2D eigenvalue weighted by molar-refractivity contribution is 14.1. The van der Waals surface area contributed by atoms with Crippen molar-refractivity contribution in [2.75, 3.05) is 6.61 Å². The van der Waals surface area contributed by atoms with Crippen molar-refractivity contribution in [2.45, 2.75) is 23.7 Å². The van der Waals surface area contributed by atoms with Crippen molar-refractivity contribution in [1.29, 1.82) is 0 Å². The smallest absolute Gasteiger partial charge is 0.0431 e. The molecule has 0 unspecified atom stereocenters. The van der Waals surface area contributed by atoms with Gasteiger partial charge in [-0.3, -0.25) is 0 Å². The van der Waals surface area contributed by atoms with E-state index < -0.39 is 0 Å². The van der Waals surface area contributed by atoms with Crippen molar-refractivity contribution < 1.29 is 5.11 Å². The van der Waals surface area contributed by atoms with Crippen molar-refractivity contribution in [3.63, 3.8) is 0 Å². The first kappa shape index (κ1) is 7.69. The van der Waals surface area contributed by atoms with Gasteiger partial charge in [0.05, 0.1) is 0 Å². The molecule has 0 bridgehead atoms. The summed E-state index contributed by atoms with van der Waals surface area (Å²) in [5, 5.41) is 8.31. The van der Waals surface area contributed by atoms with Gasteiger partial charge >= 0.3 is 0 Å². The monoisotopic (exact) mass is 214 g/mol. The summed E-state index contributed by atoms with van der Waals surface area (Å²) in [6.45, 7) is 2.49. The van der Waals surface area contributed by atoms with Crippen LogP contribution in [0.25, 0.3) is 0 Å². The van der Waals surface area contributed by atoms with E-state index in [4.69, 9.17) is 5.11 Å². The van der Waals surface area contributed by atoms with E-state index in [1.807, 2.05) is 0 Å². The van der Waals surface area contributed by atoms with E-state index in [1.165, 1.54) is 0 Å². The van der Waals surface area contributed by atoms with Crippen molar-refractivity contribution in [2.24, 2.45) is 0 Å². The highest BCUT2D eigenvalue weighted by Crippen LogP contribution is 2.05. The summed E-state index contributed by atoms with van der Waals surface area (Å²) in [4.78, 5) is 0. The van der Waals surface area contributed by atoms with Gasteiger partial charge in [-0.25, -0.2) is 0 Å². The molecule has 0 aromatic carbocycles. The van der Waals surface area contributed by atoms with Crippen molar-refractivity contribution in [3.8, 4) is 0 Å². The van der Waals surface area contributed by atoms with E-state index in [9.17, 15) is 0 Å². The predicted molar refractivity (Wildman–Crippen MR) is 39.8 cm³/mol. The topological polar surface area (TPSA) is 20.2 Å². The molecule has 1 nitrogen and oxygen atoms in total. The van der Waals surface area contributed by atoms with Crippen molar-refractivity contribution in [1.82, 2.24) is 0 Å². The van der Waals surface area contributed by atoms with Crippen LogP contribution in [0.5, 0.6) is 0 Å². The Morgan fingerprint density at radius 1 is 1.71 bits per heavy atom. The maximum absolute atomic E-state index is 8.31. The first-order chi connectivity index (χ1) is 3.27. The molecule has 0 aliphatic rings. The standard InChI is InChI=1S/C5H11IO/c1-5(6)3-2-4-7/h5,7H,2-4H2,1H3/t5-/m1/s1. The summed E-state index contributed by atoms with van der Waals surface area (Å²) < 4.78 is 0.713. The second kappa shape index (κ2) is 4.84. The first-order valence-corrected chi connectivity index (χ1v) is 3.77. The van der Waals surface area contributed by atoms with E-state index in [-0.39, 0.29) is 0 Å². The maximum atomic E-state index is 8.31. The number of hydrogen-bond donors (Lipinski definition) is 1. The number of halogens is 1. The summed E-state index contributed by atoms with van der Waals surface area (Å²) in [6, 6.07) is 0. The van der Waals surface area contributed by atoms with Gasteiger partial charge < -0.3 is 5.11 Å². The normalized spacial score (nSPS) is 14.1. The molecular weight excluding hydrogens is 203 g/mol. The molecule has 1 N–H and O–H groups in total. The Bertz CT molecular complexity index is 37.1. The molecule has 0 aliphatic heterocycles. The average molecular weight is 214 g/mol. The molecule has 0 radical (unpaired) electrons. The zero-order valence-corrected chi connectivity index (χ0v) is 6.68. The van der Waals surface area contributed by atoms with E-state index >= 15 is 0 Å². The lowest BCUT2D eigenvalue weighted by Crippen LogP contribution is -1.91. The molecule has 1 atom stereocenters. The quantitative estimate of drug-likeness (QED) is 0.558. The van der Waals surface area contributed by atoms with Gasteiger partial charge in [-0.15, -0.1) is 0 Å². The Morgan fingerprint density at radius 3 is 2.43 bits per heavy atom. The van der Waals surface area contributed by atoms with Crippen LogP contribution in [0.4, 0.5) is 0 Å². The van der Waals surface area contributed by atoms with Gasteiger partial charge in [-0.2, -0.15) is 0 Å². The minimum Gasteiger partial charge on any atom is -0.396 e. The van der Waals surface area contributed by atoms with Crippen LogP contribution in [0.1, 0.15) is 19.8 Å². The van der Waals surface area contributed by atoms with Gasteiger partial charge in [0.25, 0.3) is 0 Å². The van der Waals surface area contributed by atoms with Crippen LogP contribution in [0, 0.1) is 0 Å². The largest absolute Gasteiger partial charge is 0.396 e. The molecule has 0 fully saturated rings. The SMILES string of the molecule is C[C@@H](I)CCCO. The Hall–Kier alpha value is 0.690. The van der Waals surface area contributed by atoms with Gasteiger partial charge in [-0.1, -0.05) is 29.5 Å². The molecule has 0 aromatic heterocycles. The van der Waals surface area contributed by atoms with E-state index in [2.05, 4.69) is 29.5 Å². The molecule has 0 aromatic rings. The third-order valence-corrected chi connectivity index (χ3v) is 1.38. The summed E-state index contributed by atoms with van der Waals surface area (Å²) in [6.07, 6.45) is 2.08. The zero-order chi connectivity index (χ0) is 5.70. The van der Waals surface area contributed by atoms with Gasteiger partial charge in [0.2, 0.25) is 0 Å². The van der Waals surface area contributed by atoms with Crippen LogP contribution in [0.15, 0.2) is 0 Å². The van der Waals surface area contributed by atoms with E-state index in [0.29, 0.717) is 10.5 Å². The van der Waals surface area contributed by atoms with Gasteiger partial charge in [-0.05, 0) is 12.8 Å². The lowest BCUT2D eigenvalue weighted by Gasteiger charge is -1.96. The zero-order valence-electron chi connectivity index (χ0n) is 4.52. The van der Waals surface area contributed by atoms with Gasteiger partial charge in [0, 0.05) is 10.5 Å². The van der Waals surface area contributed by atoms with Crippen LogP contribution < -0.4 is 0 Å². The molecule has 0 spiro atoms. The Balaban J connectivity index is 2.68. The van der Waals surface area contributed by atoms with E-state index in [0.717, 1.165) is 12.8 Å². The Morgan fingerprint density at radius 2 is 2.29 bits per heavy atom. The van der Waals surface area contributed by atoms with Crippen LogP contribution in [-0.2, 0) is 0 Å². The minimum absolute atomic E-state index is 0.341. The van der Waals surface area contributed by atoms with Crippen molar-refractivity contribution in [3.05, 3.63) is 0 Å². The highest BCUT2D eigenvalue weighted by atomic mass is 127. The van der Waals surface area contributed by atoms with Crippen LogP contribution in [0.3, 0.4) is 0 Å². The van der Waals surface area contributed by atoms with Crippen LogP contribution in [0.2, 0.25) is 0 Å². The fourth-order valence-corrected chi connectivity index (χ4v) is 0.813. The van der Waals surface area contributed by atoms with E-state index in [1.54, 1.807) is 0 Å². The fraction of sp³-hybridized carbons (Fsp3) is 1.00. The second-order valence-electron chi connectivity index (χ2n) is 1.65. The molecule has 2 heteroatoms. The van der Waals surface area contributed by atoms with Crippen LogP contribution >= 0.6 is 22.6 Å². The molecule has 44 valence electrons. The highest BCUT2D eigenvalue weighted by Gasteiger charge is 1.91. The fourth-order valence-electron chi connectivity index (χ4n) is 0.373. The number of aliphatic hydroxyl groups is 1. The summed E-state index contributed by atoms with van der Waals surface area (Å²) in [5.41, 5.74) is 0. The molecule has 0 amide bonds. The summed E-state index contributed by atoms with van der Waals surface area (Å²) in [7, 11) is 0. The number of hydrogen-bond acceptors (Lipinski definition) is 1. The third-order valence-electron chi connectivity index (χ3n) is 0.760. The van der Waals surface area contributed by atoms with Gasteiger partial charge in [0.1, 0.15) is 0 Å². The van der Waals surface area contributed by atoms with Crippen molar-refractivity contribution >= 4 is 22.6 Å². The molecular formula is C5H11IO. The first-order valence-electron chi connectivity index (χ1n) is 2.52. The van der Waals surface area contributed by atoms with Crippen LogP contribution in [-0.4, -0.2) is 15.6 Å². The minimum atomic E-state index is 0.341. The predicted octanol–water partition coefficient (Wildman–Crippen LogP) is 1.58. The molecule has 0 aliphatic carbocycles. The lowest BCUT2D eigenvalue weighted by molar-refractivity contribution is 0.285. The molecule has 0 saturated heterocycles. The lowest BCUT2D eigenvalue weighted by atomic mass is 10.3. The third kappa shape index (κ3) is 6.69. The number of aliphatic hydroxyl groups excluding tert-OH is 1. The second-order valence-corrected chi connectivity index (χ2v) is 3.77. The Labute approximate surface area is 58.3 Å². The molecule has 7 heavy (non-hydrogen) atoms. The molecule has 0 heterocycles. The maximum Gasteiger partial charge on any atom is 0.0431 e. The average Bonchev–Trinajstić information content (AvgIpc) is 1.61. The number of alkyl halides is 1. The van der Waals surface area contributed by atoms with Gasteiger partial charge in [0.15, 0.2) is 0 Å². The molecule has 0 rings (SSSR count). The Kier molecular flexibility index (Phi) is 5.32. The summed E-state index contributed by atoms with van der Waals surface area (Å²) in [5.74, 6) is 0. The molecule has 0 saturated carbocycles. The summed E-state index contributed by atoms with van der Waals surface area (Å²) >= 11 is 2.35.